The molecule has 4 heterocycles. The average molecular weight is 376 g/mol. The summed E-state index contributed by atoms with van der Waals surface area (Å²) >= 11 is 0. The standard InChI is InChI=1S/C20H20N6O2/c27-19(14-1-2-16-17(11-14)22-5-4-21-16)26-6-3-15-12-23-20(24-18(15)13-26)25-7-9-28-10-8-25/h1-2,4-5,11-12H,3,6-10,13H2. The second-order valence-electron chi connectivity index (χ2n) is 6.98. The van der Waals surface area contributed by atoms with E-state index in [0.29, 0.717) is 31.9 Å². The highest BCUT2D eigenvalue weighted by Crippen LogP contribution is 2.22. The van der Waals surface area contributed by atoms with Gasteiger partial charge in [0.25, 0.3) is 5.91 Å². The van der Waals surface area contributed by atoms with Gasteiger partial charge in [0.05, 0.1) is 36.5 Å². The number of anilines is 1. The molecule has 1 aromatic carbocycles. The Balaban J connectivity index is 1.38. The van der Waals surface area contributed by atoms with E-state index < -0.39 is 0 Å². The van der Waals surface area contributed by atoms with Crippen LogP contribution in [0.15, 0.2) is 36.8 Å². The lowest BCUT2D eigenvalue weighted by Crippen LogP contribution is -2.39. The van der Waals surface area contributed by atoms with Crippen LogP contribution in [0.2, 0.25) is 0 Å². The minimum absolute atomic E-state index is 0.00950. The average Bonchev–Trinajstić information content (AvgIpc) is 2.78. The van der Waals surface area contributed by atoms with E-state index in [1.165, 1.54) is 0 Å². The number of amides is 1. The molecular formula is C20H20N6O2. The van der Waals surface area contributed by atoms with E-state index in [2.05, 4.69) is 19.9 Å². The zero-order valence-electron chi connectivity index (χ0n) is 15.4. The van der Waals surface area contributed by atoms with Crippen molar-refractivity contribution in [3.63, 3.8) is 0 Å². The largest absolute Gasteiger partial charge is 0.378 e. The predicted octanol–water partition coefficient (Wildman–Crippen LogP) is 1.45. The molecular weight excluding hydrogens is 356 g/mol. The summed E-state index contributed by atoms with van der Waals surface area (Å²) in [6.45, 7) is 4.11. The molecule has 8 nitrogen and oxygen atoms in total. The number of nitrogens with zero attached hydrogens (tertiary/aromatic N) is 6. The zero-order chi connectivity index (χ0) is 18.9. The summed E-state index contributed by atoms with van der Waals surface area (Å²) in [6.07, 6.45) is 5.95. The van der Waals surface area contributed by atoms with Crippen LogP contribution >= 0.6 is 0 Å². The van der Waals surface area contributed by atoms with Gasteiger partial charge in [-0.05, 0) is 30.2 Å². The normalized spacial score (nSPS) is 16.9. The molecule has 142 valence electrons. The van der Waals surface area contributed by atoms with Crippen LogP contribution in [0.25, 0.3) is 11.0 Å². The molecule has 0 aliphatic carbocycles. The summed E-state index contributed by atoms with van der Waals surface area (Å²) in [5, 5.41) is 0. The van der Waals surface area contributed by atoms with Crippen LogP contribution in [0.4, 0.5) is 5.95 Å². The first-order valence-electron chi connectivity index (χ1n) is 9.45. The maximum atomic E-state index is 13.0. The lowest BCUT2D eigenvalue weighted by atomic mass is 10.1. The van der Waals surface area contributed by atoms with Crippen LogP contribution < -0.4 is 4.90 Å². The second kappa shape index (κ2) is 7.12. The van der Waals surface area contributed by atoms with Crippen molar-refractivity contribution in [1.29, 1.82) is 0 Å². The highest BCUT2D eigenvalue weighted by molar-refractivity contribution is 5.97. The van der Waals surface area contributed by atoms with Crippen molar-refractivity contribution in [3.8, 4) is 0 Å². The van der Waals surface area contributed by atoms with Crippen molar-refractivity contribution in [2.24, 2.45) is 0 Å². The van der Waals surface area contributed by atoms with E-state index >= 15 is 0 Å². The van der Waals surface area contributed by atoms with Gasteiger partial charge in [0.15, 0.2) is 0 Å². The molecule has 8 heteroatoms. The molecule has 1 fully saturated rings. The Bertz CT molecular complexity index is 1030. The summed E-state index contributed by atoms with van der Waals surface area (Å²) < 4.78 is 5.40. The third kappa shape index (κ3) is 3.16. The van der Waals surface area contributed by atoms with Crippen molar-refractivity contribution < 1.29 is 9.53 Å². The highest BCUT2D eigenvalue weighted by Gasteiger charge is 2.25. The summed E-state index contributed by atoms with van der Waals surface area (Å²) in [7, 11) is 0. The van der Waals surface area contributed by atoms with E-state index in [1.807, 2.05) is 23.2 Å². The van der Waals surface area contributed by atoms with Gasteiger partial charge in [-0.3, -0.25) is 14.8 Å². The van der Waals surface area contributed by atoms with Crippen molar-refractivity contribution in [3.05, 3.63) is 53.6 Å². The SMILES string of the molecule is O=C(c1ccc2nccnc2c1)N1CCc2cnc(N3CCOCC3)nc2C1. The van der Waals surface area contributed by atoms with Gasteiger partial charge in [0, 0.05) is 43.8 Å². The molecule has 1 saturated heterocycles. The minimum Gasteiger partial charge on any atom is -0.378 e. The Morgan fingerprint density at radius 3 is 2.68 bits per heavy atom. The first-order valence-corrected chi connectivity index (χ1v) is 9.45. The van der Waals surface area contributed by atoms with Gasteiger partial charge in [0.2, 0.25) is 5.95 Å². The van der Waals surface area contributed by atoms with Gasteiger partial charge in [0.1, 0.15) is 0 Å². The summed E-state index contributed by atoms with van der Waals surface area (Å²) in [6, 6.07) is 5.46. The number of carbonyl (C=O) groups excluding carboxylic acids is 1. The zero-order valence-corrected chi connectivity index (χ0v) is 15.4. The van der Waals surface area contributed by atoms with Crippen molar-refractivity contribution >= 4 is 22.9 Å². The first kappa shape index (κ1) is 17.0. The van der Waals surface area contributed by atoms with Crippen LogP contribution in [0.3, 0.4) is 0 Å². The molecule has 0 unspecified atom stereocenters. The number of carbonyl (C=O) groups is 1. The number of aromatic nitrogens is 4. The molecule has 28 heavy (non-hydrogen) atoms. The number of hydrogen-bond acceptors (Lipinski definition) is 7. The number of ether oxygens (including phenoxy) is 1. The van der Waals surface area contributed by atoms with Gasteiger partial charge in [-0.15, -0.1) is 0 Å². The lowest BCUT2D eigenvalue weighted by molar-refractivity contribution is 0.0732. The van der Waals surface area contributed by atoms with Gasteiger partial charge in [-0.2, -0.15) is 0 Å². The first-order chi connectivity index (χ1) is 13.8. The van der Waals surface area contributed by atoms with Crippen LogP contribution in [-0.2, 0) is 17.7 Å². The quantitative estimate of drug-likeness (QED) is 0.669. The summed E-state index contributed by atoms with van der Waals surface area (Å²) in [5.74, 6) is 0.710. The second-order valence-corrected chi connectivity index (χ2v) is 6.98. The van der Waals surface area contributed by atoms with Gasteiger partial charge in [-0.25, -0.2) is 9.97 Å². The van der Waals surface area contributed by atoms with Crippen molar-refractivity contribution in [2.45, 2.75) is 13.0 Å². The van der Waals surface area contributed by atoms with Crippen molar-refractivity contribution in [1.82, 2.24) is 24.8 Å². The van der Waals surface area contributed by atoms with Crippen LogP contribution in [0, 0.1) is 0 Å². The monoisotopic (exact) mass is 376 g/mol. The molecule has 2 aliphatic rings. The fourth-order valence-corrected chi connectivity index (χ4v) is 3.66. The number of rotatable bonds is 2. The predicted molar refractivity (Wildman–Crippen MR) is 103 cm³/mol. The summed E-state index contributed by atoms with van der Waals surface area (Å²) in [4.78, 5) is 34.9. The smallest absolute Gasteiger partial charge is 0.254 e. The number of benzene rings is 1. The third-order valence-corrected chi connectivity index (χ3v) is 5.23. The molecule has 2 aliphatic heterocycles. The Labute approximate surface area is 162 Å². The molecule has 3 aromatic rings. The number of morpholine rings is 1. The molecule has 1 amide bonds. The van der Waals surface area contributed by atoms with E-state index in [4.69, 9.17) is 9.72 Å². The van der Waals surface area contributed by atoms with Crippen LogP contribution in [0.5, 0.6) is 0 Å². The molecule has 0 spiro atoms. The highest BCUT2D eigenvalue weighted by atomic mass is 16.5. The molecule has 2 aromatic heterocycles. The molecule has 0 bridgehead atoms. The maximum Gasteiger partial charge on any atom is 0.254 e. The Kier molecular flexibility index (Phi) is 4.32. The Morgan fingerprint density at radius 2 is 1.82 bits per heavy atom. The molecule has 0 radical (unpaired) electrons. The van der Waals surface area contributed by atoms with E-state index in [-0.39, 0.29) is 5.91 Å². The Hall–Kier alpha value is -3.13. The number of hydrogen-bond donors (Lipinski definition) is 0. The van der Waals surface area contributed by atoms with E-state index in [0.717, 1.165) is 47.7 Å². The Morgan fingerprint density at radius 1 is 1.00 bits per heavy atom. The van der Waals surface area contributed by atoms with Gasteiger partial charge in [-0.1, -0.05) is 0 Å². The minimum atomic E-state index is -0.00950. The fraction of sp³-hybridized carbons (Fsp3) is 0.350. The van der Waals surface area contributed by atoms with Crippen LogP contribution in [0.1, 0.15) is 21.6 Å². The lowest BCUT2D eigenvalue weighted by Gasteiger charge is -2.30. The van der Waals surface area contributed by atoms with Crippen molar-refractivity contribution in [2.75, 3.05) is 37.7 Å². The molecule has 0 atom stereocenters. The summed E-state index contributed by atoms with van der Waals surface area (Å²) in [5.41, 5.74) is 4.18. The molecule has 0 N–H and O–H groups in total. The maximum absolute atomic E-state index is 13.0. The fourth-order valence-electron chi connectivity index (χ4n) is 3.66. The molecule has 5 rings (SSSR count). The van der Waals surface area contributed by atoms with E-state index in [9.17, 15) is 4.79 Å². The molecule has 0 saturated carbocycles. The van der Waals surface area contributed by atoms with E-state index in [1.54, 1.807) is 18.5 Å². The number of fused-ring (bicyclic) bond motifs is 2. The van der Waals surface area contributed by atoms with Crippen LogP contribution in [-0.4, -0.2) is 63.6 Å². The van der Waals surface area contributed by atoms with Gasteiger partial charge < -0.3 is 14.5 Å². The topological polar surface area (TPSA) is 84.3 Å². The third-order valence-electron chi connectivity index (χ3n) is 5.23. The van der Waals surface area contributed by atoms with Gasteiger partial charge >= 0.3 is 0 Å².